The summed E-state index contributed by atoms with van der Waals surface area (Å²) >= 11 is 1.48. The van der Waals surface area contributed by atoms with E-state index in [-0.39, 0.29) is 5.75 Å². The van der Waals surface area contributed by atoms with Crippen molar-refractivity contribution >= 4 is 39.2 Å². The fourth-order valence-electron chi connectivity index (χ4n) is 3.43. The SMILES string of the molecule is COc1cc(/C=C/c2nn3c(Cc4cccc5ccccc45)nnc3s2)ccc1O. The first-order valence-corrected chi connectivity index (χ1v) is 10.3. The first-order valence-electron chi connectivity index (χ1n) is 9.44. The van der Waals surface area contributed by atoms with Gasteiger partial charge in [-0.3, -0.25) is 0 Å². The molecule has 1 N–H and O–H groups in total. The van der Waals surface area contributed by atoms with E-state index in [1.165, 1.54) is 34.8 Å². The molecular weight excluding hydrogens is 396 g/mol. The zero-order valence-electron chi connectivity index (χ0n) is 16.2. The molecule has 2 heterocycles. The van der Waals surface area contributed by atoms with Gasteiger partial charge in [-0.05, 0) is 40.1 Å². The van der Waals surface area contributed by atoms with Gasteiger partial charge < -0.3 is 9.84 Å². The molecule has 0 radical (unpaired) electrons. The molecule has 7 heteroatoms. The number of phenols is 1. The molecule has 0 spiro atoms. The third-order valence-electron chi connectivity index (χ3n) is 4.92. The van der Waals surface area contributed by atoms with Crippen LogP contribution in [-0.2, 0) is 6.42 Å². The summed E-state index contributed by atoms with van der Waals surface area (Å²) in [7, 11) is 1.53. The van der Waals surface area contributed by atoms with Gasteiger partial charge in [0.25, 0.3) is 0 Å². The maximum atomic E-state index is 9.73. The number of methoxy groups -OCH3 is 1. The lowest BCUT2D eigenvalue weighted by atomic mass is 10.0. The van der Waals surface area contributed by atoms with Crippen LogP contribution in [0.3, 0.4) is 0 Å². The highest BCUT2D eigenvalue weighted by Crippen LogP contribution is 2.27. The number of hydrogen-bond acceptors (Lipinski definition) is 6. The summed E-state index contributed by atoms with van der Waals surface area (Å²) < 4.78 is 6.97. The largest absolute Gasteiger partial charge is 0.504 e. The third-order valence-corrected chi connectivity index (χ3v) is 5.79. The van der Waals surface area contributed by atoms with Crippen molar-refractivity contribution in [1.82, 2.24) is 19.8 Å². The van der Waals surface area contributed by atoms with Crippen LogP contribution in [0.15, 0.2) is 60.7 Å². The maximum absolute atomic E-state index is 9.73. The van der Waals surface area contributed by atoms with Gasteiger partial charge in [0, 0.05) is 6.42 Å². The quantitative estimate of drug-likeness (QED) is 0.447. The Morgan fingerprint density at radius 2 is 1.90 bits per heavy atom. The fourth-order valence-corrected chi connectivity index (χ4v) is 4.19. The molecule has 0 aliphatic carbocycles. The van der Waals surface area contributed by atoms with E-state index in [0.717, 1.165) is 21.4 Å². The molecule has 0 unspecified atom stereocenters. The molecule has 2 aromatic heterocycles. The molecule has 0 aliphatic rings. The van der Waals surface area contributed by atoms with Crippen molar-refractivity contribution in [3.05, 3.63) is 82.6 Å². The average Bonchev–Trinajstić information content (AvgIpc) is 3.35. The Labute approximate surface area is 176 Å². The van der Waals surface area contributed by atoms with E-state index in [1.807, 2.05) is 28.8 Å². The molecule has 0 amide bonds. The van der Waals surface area contributed by atoms with E-state index >= 15 is 0 Å². The molecule has 0 fully saturated rings. The second-order valence-electron chi connectivity index (χ2n) is 6.83. The number of benzene rings is 3. The molecule has 3 aromatic carbocycles. The first kappa shape index (κ1) is 18.3. The monoisotopic (exact) mass is 414 g/mol. The van der Waals surface area contributed by atoms with Crippen LogP contribution in [0.5, 0.6) is 11.5 Å². The maximum Gasteiger partial charge on any atom is 0.234 e. The molecule has 0 aliphatic heterocycles. The molecule has 0 saturated heterocycles. The summed E-state index contributed by atoms with van der Waals surface area (Å²) in [5.41, 5.74) is 2.11. The van der Waals surface area contributed by atoms with Crippen molar-refractivity contribution in [2.24, 2.45) is 0 Å². The van der Waals surface area contributed by atoms with Gasteiger partial charge in [-0.1, -0.05) is 65.9 Å². The molecule has 0 atom stereocenters. The number of hydrogen-bond donors (Lipinski definition) is 1. The highest BCUT2D eigenvalue weighted by atomic mass is 32.1. The van der Waals surface area contributed by atoms with Crippen LogP contribution < -0.4 is 4.74 Å². The number of aromatic hydroxyl groups is 1. The predicted molar refractivity (Wildman–Crippen MR) is 119 cm³/mol. The van der Waals surface area contributed by atoms with Crippen molar-refractivity contribution in [3.8, 4) is 11.5 Å². The summed E-state index contributed by atoms with van der Waals surface area (Å²) in [5, 5.41) is 26.3. The highest BCUT2D eigenvalue weighted by molar-refractivity contribution is 7.17. The van der Waals surface area contributed by atoms with Crippen LogP contribution in [0, 0.1) is 0 Å². The van der Waals surface area contributed by atoms with Crippen LogP contribution in [0.4, 0.5) is 0 Å². The third kappa shape index (κ3) is 3.40. The highest BCUT2D eigenvalue weighted by Gasteiger charge is 2.12. The molecule has 30 heavy (non-hydrogen) atoms. The number of aromatic nitrogens is 4. The molecule has 5 aromatic rings. The second-order valence-corrected chi connectivity index (χ2v) is 7.82. The van der Waals surface area contributed by atoms with E-state index in [1.54, 1.807) is 12.1 Å². The van der Waals surface area contributed by atoms with E-state index in [4.69, 9.17) is 4.74 Å². The van der Waals surface area contributed by atoms with Gasteiger partial charge in [-0.25, -0.2) is 0 Å². The average molecular weight is 414 g/mol. The molecule has 0 saturated carbocycles. The minimum absolute atomic E-state index is 0.117. The Hall–Kier alpha value is -3.71. The van der Waals surface area contributed by atoms with Gasteiger partial charge in [0.05, 0.1) is 7.11 Å². The normalized spacial score (nSPS) is 11.6. The van der Waals surface area contributed by atoms with Crippen molar-refractivity contribution < 1.29 is 9.84 Å². The Balaban J connectivity index is 1.44. The van der Waals surface area contributed by atoms with Crippen LogP contribution in [0.25, 0.3) is 27.9 Å². The Kier molecular flexibility index (Phi) is 4.65. The lowest BCUT2D eigenvalue weighted by Crippen LogP contribution is -1.98. The zero-order valence-corrected chi connectivity index (χ0v) is 17.0. The van der Waals surface area contributed by atoms with Gasteiger partial charge in [-0.15, -0.1) is 10.2 Å². The van der Waals surface area contributed by atoms with Gasteiger partial charge in [-0.2, -0.15) is 9.61 Å². The standard InChI is InChI=1S/C23H18N4O2S/c1-29-20-13-15(9-11-19(20)28)10-12-22-26-27-21(24-25-23(27)30-22)14-17-7-4-6-16-5-2-3-8-18(16)17/h2-13,28H,14H2,1H3/b12-10+. The molecule has 5 rings (SSSR count). The van der Waals surface area contributed by atoms with Gasteiger partial charge in [0.15, 0.2) is 17.3 Å². The van der Waals surface area contributed by atoms with Crippen LogP contribution in [0.1, 0.15) is 22.0 Å². The topological polar surface area (TPSA) is 72.5 Å². The summed E-state index contributed by atoms with van der Waals surface area (Å²) in [4.78, 5) is 0.758. The minimum atomic E-state index is 0.117. The van der Waals surface area contributed by atoms with E-state index in [0.29, 0.717) is 12.2 Å². The van der Waals surface area contributed by atoms with E-state index in [2.05, 4.69) is 51.7 Å². The van der Waals surface area contributed by atoms with Crippen molar-refractivity contribution in [1.29, 1.82) is 0 Å². The van der Waals surface area contributed by atoms with Crippen molar-refractivity contribution in [2.75, 3.05) is 7.11 Å². The van der Waals surface area contributed by atoms with Gasteiger partial charge >= 0.3 is 0 Å². The van der Waals surface area contributed by atoms with Crippen molar-refractivity contribution in [3.63, 3.8) is 0 Å². The summed E-state index contributed by atoms with van der Waals surface area (Å²) in [6.07, 6.45) is 4.51. The van der Waals surface area contributed by atoms with E-state index < -0.39 is 0 Å². The number of ether oxygens (including phenoxy) is 1. The van der Waals surface area contributed by atoms with Crippen LogP contribution in [0.2, 0.25) is 0 Å². The molecule has 0 bridgehead atoms. The Morgan fingerprint density at radius 3 is 2.80 bits per heavy atom. The molecule has 148 valence electrons. The zero-order chi connectivity index (χ0) is 20.5. The summed E-state index contributed by atoms with van der Waals surface area (Å²) in [5.74, 6) is 1.36. The number of rotatable bonds is 5. The molecule has 6 nitrogen and oxygen atoms in total. The summed E-state index contributed by atoms with van der Waals surface area (Å²) in [6, 6.07) is 19.8. The number of phenolic OH excluding ortho intramolecular Hbond substituents is 1. The predicted octanol–water partition coefficient (Wildman–Crippen LogP) is 4.81. The lowest BCUT2D eigenvalue weighted by molar-refractivity contribution is 0.373. The van der Waals surface area contributed by atoms with Gasteiger partial charge in [0.2, 0.25) is 4.96 Å². The lowest BCUT2D eigenvalue weighted by Gasteiger charge is -2.04. The van der Waals surface area contributed by atoms with E-state index in [9.17, 15) is 5.11 Å². The summed E-state index contributed by atoms with van der Waals surface area (Å²) in [6.45, 7) is 0. The van der Waals surface area contributed by atoms with Crippen molar-refractivity contribution in [2.45, 2.75) is 6.42 Å². The molecular formula is C23H18N4O2S. The Morgan fingerprint density at radius 1 is 1.03 bits per heavy atom. The minimum Gasteiger partial charge on any atom is -0.504 e. The van der Waals surface area contributed by atoms with Crippen LogP contribution >= 0.6 is 11.3 Å². The Bertz CT molecular complexity index is 1380. The van der Waals surface area contributed by atoms with Crippen LogP contribution in [-0.4, -0.2) is 32.0 Å². The first-order chi connectivity index (χ1) is 14.7. The van der Waals surface area contributed by atoms with Gasteiger partial charge in [0.1, 0.15) is 5.01 Å². The number of nitrogens with zero attached hydrogens (tertiary/aromatic N) is 4. The smallest absolute Gasteiger partial charge is 0.234 e. The fraction of sp³-hybridized carbons (Fsp3) is 0.0870. The second kappa shape index (κ2) is 7.61. The number of fused-ring (bicyclic) bond motifs is 2.